The van der Waals surface area contributed by atoms with Crippen molar-refractivity contribution in [3.63, 3.8) is 0 Å². The molecule has 0 radical (unpaired) electrons. The van der Waals surface area contributed by atoms with E-state index >= 15 is 0 Å². The zero-order chi connectivity index (χ0) is 11.2. The quantitative estimate of drug-likeness (QED) is 0.730. The second-order valence-electron chi connectivity index (χ2n) is 4.90. The molecule has 0 unspecified atom stereocenters. The number of pyridine rings is 1. The number of aromatic nitrogens is 1. The van der Waals surface area contributed by atoms with Gasteiger partial charge in [-0.05, 0) is 41.5 Å². The van der Waals surface area contributed by atoms with Gasteiger partial charge >= 0.3 is 0 Å². The molecule has 0 spiro atoms. The van der Waals surface area contributed by atoms with Crippen molar-refractivity contribution >= 4 is 17.0 Å². The minimum Gasteiger partial charge on any atom is -0.256 e. The molecule has 1 aromatic carbocycles. The van der Waals surface area contributed by atoms with E-state index in [0.29, 0.717) is 5.41 Å². The van der Waals surface area contributed by atoms with Crippen LogP contribution in [0.5, 0.6) is 0 Å². The third-order valence-electron chi connectivity index (χ3n) is 3.63. The maximum atomic E-state index is 4.44. The Morgan fingerprint density at radius 3 is 2.88 bits per heavy atom. The van der Waals surface area contributed by atoms with E-state index in [1.807, 2.05) is 18.3 Å². The van der Waals surface area contributed by atoms with Crippen molar-refractivity contribution in [1.82, 2.24) is 4.98 Å². The van der Waals surface area contributed by atoms with Crippen molar-refractivity contribution in [3.8, 4) is 0 Å². The molecule has 1 aliphatic rings. The summed E-state index contributed by atoms with van der Waals surface area (Å²) in [4.78, 5) is 4.44. The van der Waals surface area contributed by atoms with E-state index in [1.165, 1.54) is 29.4 Å². The van der Waals surface area contributed by atoms with Gasteiger partial charge in [0.1, 0.15) is 0 Å². The smallest absolute Gasteiger partial charge is 0.0710 e. The van der Waals surface area contributed by atoms with Crippen LogP contribution in [0.1, 0.15) is 30.9 Å². The first-order valence-corrected chi connectivity index (χ1v) is 5.75. The van der Waals surface area contributed by atoms with E-state index in [9.17, 15) is 0 Å². The summed E-state index contributed by atoms with van der Waals surface area (Å²) in [7, 11) is 0. The van der Waals surface area contributed by atoms with Crippen LogP contribution in [0.2, 0.25) is 0 Å². The van der Waals surface area contributed by atoms with Gasteiger partial charge in [-0.2, -0.15) is 0 Å². The Bertz CT molecular complexity index is 565. The maximum absolute atomic E-state index is 4.44. The Morgan fingerprint density at radius 2 is 2.19 bits per heavy atom. The SMILES string of the molecule is C=Cc1cc(C2(C)CC2)c2cccnc2c1. The van der Waals surface area contributed by atoms with Gasteiger partial charge in [0.05, 0.1) is 5.52 Å². The van der Waals surface area contributed by atoms with Gasteiger partial charge in [0.2, 0.25) is 0 Å². The first-order chi connectivity index (χ1) is 7.73. The fraction of sp³-hybridized carbons (Fsp3) is 0.267. The average molecular weight is 209 g/mol. The number of hydrogen-bond donors (Lipinski definition) is 0. The maximum Gasteiger partial charge on any atom is 0.0710 e. The Morgan fingerprint density at radius 1 is 1.38 bits per heavy atom. The average Bonchev–Trinajstić information content (AvgIpc) is 3.07. The highest BCUT2D eigenvalue weighted by molar-refractivity contribution is 5.86. The molecule has 16 heavy (non-hydrogen) atoms. The number of nitrogens with zero attached hydrogens (tertiary/aromatic N) is 1. The van der Waals surface area contributed by atoms with Crippen molar-refractivity contribution < 1.29 is 0 Å². The Hall–Kier alpha value is -1.63. The fourth-order valence-electron chi connectivity index (χ4n) is 2.28. The third kappa shape index (κ3) is 1.35. The molecule has 0 N–H and O–H groups in total. The summed E-state index contributed by atoms with van der Waals surface area (Å²) < 4.78 is 0. The van der Waals surface area contributed by atoms with E-state index in [1.54, 1.807) is 0 Å². The first-order valence-electron chi connectivity index (χ1n) is 5.75. The topological polar surface area (TPSA) is 12.9 Å². The molecular formula is C15H15N. The molecule has 0 amide bonds. The van der Waals surface area contributed by atoms with E-state index in [-0.39, 0.29) is 0 Å². The Kier molecular flexibility index (Phi) is 1.90. The molecule has 0 atom stereocenters. The number of rotatable bonds is 2. The molecule has 0 saturated heterocycles. The van der Waals surface area contributed by atoms with Crippen LogP contribution in [0.3, 0.4) is 0 Å². The molecule has 0 bridgehead atoms. The summed E-state index contributed by atoms with van der Waals surface area (Å²) in [6.07, 6.45) is 6.34. The summed E-state index contributed by atoms with van der Waals surface area (Å²) in [6, 6.07) is 8.57. The Balaban J connectivity index is 2.35. The van der Waals surface area contributed by atoms with Crippen molar-refractivity contribution in [2.45, 2.75) is 25.2 Å². The van der Waals surface area contributed by atoms with Crippen LogP contribution in [0.25, 0.3) is 17.0 Å². The number of benzene rings is 1. The van der Waals surface area contributed by atoms with Gasteiger partial charge in [-0.25, -0.2) is 0 Å². The van der Waals surface area contributed by atoms with E-state index in [4.69, 9.17) is 0 Å². The molecule has 2 aromatic rings. The molecule has 1 heteroatoms. The molecule has 1 nitrogen and oxygen atoms in total. The lowest BCUT2D eigenvalue weighted by molar-refractivity contribution is 0.796. The lowest BCUT2D eigenvalue weighted by atomic mass is 9.92. The second kappa shape index (κ2) is 3.18. The van der Waals surface area contributed by atoms with Crippen molar-refractivity contribution in [1.29, 1.82) is 0 Å². The number of hydrogen-bond acceptors (Lipinski definition) is 1. The summed E-state index contributed by atoms with van der Waals surface area (Å²) in [5.41, 5.74) is 4.07. The summed E-state index contributed by atoms with van der Waals surface area (Å²) in [5, 5.41) is 1.30. The second-order valence-corrected chi connectivity index (χ2v) is 4.90. The largest absolute Gasteiger partial charge is 0.256 e. The molecule has 1 fully saturated rings. The Labute approximate surface area is 95.8 Å². The highest BCUT2D eigenvalue weighted by atomic mass is 14.6. The van der Waals surface area contributed by atoms with Crippen LogP contribution >= 0.6 is 0 Å². The zero-order valence-corrected chi connectivity index (χ0v) is 9.53. The van der Waals surface area contributed by atoms with Gasteiger partial charge in [-0.15, -0.1) is 0 Å². The minimum absolute atomic E-state index is 0.375. The first kappa shape index (κ1) is 9.59. The summed E-state index contributed by atoms with van der Waals surface area (Å²) >= 11 is 0. The minimum atomic E-state index is 0.375. The molecule has 0 aliphatic heterocycles. The highest BCUT2D eigenvalue weighted by Crippen LogP contribution is 2.49. The van der Waals surface area contributed by atoms with Gasteiger partial charge in [0.25, 0.3) is 0 Å². The molecule has 3 rings (SSSR count). The van der Waals surface area contributed by atoms with E-state index < -0.39 is 0 Å². The predicted molar refractivity (Wildman–Crippen MR) is 68.4 cm³/mol. The fourth-order valence-corrected chi connectivity index (χ4v) is 2.28. The van der Waals surface area contributed by atoms with Crippen LogP contribution in [-0.4, -0.2) is 4.98 Å². The summed E-state index contributed by atoms with van der Waals surface area (Å²) in [5.74, 6) is 0. The van der Waals surface area contributed by atoms with Gasteiger partial charge in [0, 0.05) is 11.6 Å². The van der Waals surface area contributed by atoms with Crippen LogP contribution in [-0.2, 0) is 5.41 Å². The van der Waals surface area contributed by atoms with Crippen LogP contribution < -0.4 is 0 Å². The van der Waals surface area contributed by atoms with Crippen LogP contribution in [0, 0.1) is 0 Å². The molecule has 1 aliphatic carbocycles. The van der Waals surface area contributed by atoms with Crippen molar-refractivity contribution in [2.75, 3.05) is 0 Å². The standard InChI is InChI=1S/C15H15N/c1-3-11-9-13(15(2)6-7-15)12-5-4-8-16-14(12)10-11/h3-5,8-10H,1,6-7H2,2H3. The van der Waals surface area contributed by atoms with Crippen LogP contribution in [0.4, 0.5) is 0 Å². The summed E-state index contributed by atoms with van der Waals surface area (Å²) in [6.45, 7) is 6.19. The highest BCUT2D eigenvalue weighted by Gasteiger charge is 2.40. The van der Waals surface area contributed by atoms with Gasteiger partial charge < -0.3 is 0 Å². The monoisotopic (exact) mass is 209 g/mol. The number of fused-ring (bicyclic) bond motifs is 1. The van der Waals surface area contributed by atoms with Crippen molar-refractivity contribution in [3.05, 3.63) is 48.2 Å². The van der Waals surface area contributed by atoms with E-state index in [0.717, 1.165) is 5.52 Å². The molecule has 1 heterocycles. The van der Waals surface area contributed by atoms with Gasteiger partial charge in [-0.3, -0.25) is 4.98 Å². The van der Waals surface area contributed by atoms with E-state index in [2.05, 4.69) is 36.7 Å². The van der Waals surface area contributed by atoms with Crippen LogP contribution in [0.15, 0.2) is 37.0 Å². The van der Waals surface area contributed by atoms with Gasteiger partial charge in [0.15, 0.2) is 0 Å². The molecule has 80 valence electrons. The molecule has 1 saturated carbocycles. The predicted octanol–water partition coefficient (Wildman–Crippen LogP) is 3.93. The lowest BCUT2D eigenvalue weighted by Gasteiger charge is -2.13. The lowest BCUT2D eigenvalue weighted by Crippen LogP contribution is -2.01. The van der Waals surface area contributed by atoms with Crippen molar-refractivity contribution in [2.24, 2.45) is 0 Å². The molecular weight excluding hydrogens is 194 g/mol. The molecule has 1 aromatic heterocycles. The normalized spacial score (nSPS) is 17.3. The van der Waals surface area contributed by atoms with Gasteiger partial charge in [-0.1, -0.05) is 31.7 Å². The third-order valence-corrected chi connectivity index (χ3v) is 3.63. The zero-order valence-electron chi connectivity index (χ0n) is 9.53.